The number of allylic oxidation sites excluding steroid dienone is 4. The van der Waals surface area contributed by atoms with Gasteiger partial charge < -0.3 is 5.11 Å². The quantitative estimate of drug-likeness (QED) is 0.203. The van der Waals surface area contributed by atoms with Crippen LogP contribution in [-0.4, -0.2) is 15.3 Å². The summed E-state index contributed by atoms with van der Waals surface area (Å²) >= 11 is 3.61. The number of hydrogen-bond acceptors (Lipinski definition) is 3. The second-order valence-corrected chi connectivity index (χ2v) is 11.1. The third-order valence-electron chi connectivity index (χ3n) is 4.96. The van der Waals surface area contributed by atoms with Crippen molar-refractivity contribution < 1.29 is 5.11 Å². The molecular weight excluding hydrogens is 404 g/mol. The summed E-state index contributed by atoms with van der Waals surface area (Å²) in [6.45, 7) is 8.67. The van der Waals surface area contributed by atoms with E-state index in [-0.39, 0.29) is 4.08 Å². The van der Waals surface area contributed by atoms with Crippen LogP contribution in [0.25, 0.3) is 0 Å². The molecule has 0 aliphatic rings. The van der Waals surface area contributed by atoms with Gasteiger partial charge in [-0.15, -0.1) is 23.5 Å². The highest BCUT2D eigenvalue weighted by molar-refractivity contribution is 8.18. The van der Waals surface area contributed by atoms with E-state index in [4.69, 9.17) is 0 Å². The van der Waals surface area contributed by atoms with Gasteiger partial charge in [0, 0.05) is 9.79 Å². The second-order valence-electron chi connectivity index (χ2n) is 8.02. The molecule has 0 heterocycles. The topological polar surface area (TPSA) is 20.2 Å². The maximum absolute atomic E-state index is 11.4. The minimum absolute atomic E-state index is 0.365. The number of aliphatic hydroxyl groups is 1. The molecule has 0 spiro atoms. The van der Waals surface area contributed by atoms with Crippen molar-refractivity contribution in [3.8, 4) is 0 Å². The van der Waals surface area contributed by atoms with Crippen molar-refractivity contribution >= 4 is 23.5 Å². The summed E-state index contributed by atoms with van der Waals surface area (Å²) in [4.78, 5) is 2.40. The van der Waals surface area contributed by atoms with E-state index in [0.717, 1.165) is 32.1 Å². The molecule has 0 saturated heterocycles. The molecule has 1 nitrogen and oxygen atoms in total. The average Bonchev–Trinajstić information content (AvgIpc) is 2.73. The van der Waals surface area contributed by atoms with Crippen molar-refractivity contribution in [2.45, 2.75) is 79.8 Å². The fourth-order valence-electron chi connectivity index (χ4n) is 3.25. The maximum Gasteiger partial charge on any atom is 0.0996 e. The Balaban J connectivity index is 2.34. The summed E-state index contributed by atoms with van der Waals surface area (Å²) in [6, 6.07) is 21.0. The molecule has 3 heteroatoms. The molecular formula is C27H36OS2. The molecule has 30 heavy (non-hydrogen) atoms. The fraction of sp³-hybridized carbons (Fsp3) is 0.407. The standard InChI is InChI=1S/C27H36OS2/c1-5-13-26(28)27(29-24-16-8-6-9-17-24,30-25-18-10-7-11-19-25)21-20-23(4)15-12-14-22(2)3/h6-11,14,16-20,26,28H,5,12-13,15,21H2,1-4H3. The van der Waals surface area contributed by atoms with Crippen LogP contribution in [0, 0.1) is 0 Å². The lowest BCUT2D eigenvalue weighted by Crippen LogP contribution is -2.35. The van der Waals surface area contributed by atoms with Gasteiger partial charge in [0.2, 0.25) is 0 Å². The van der Waals surface area contributed by atoms with Crippen molar-refractivity contribution in [2.24, 2.45) is 0 Å². The minimum atomic E-state index is -0.403. The van der Waals surface area contributed by atoms with Crippen LogP contribution in [0.5, 0.6) is 0 Å². The van der Waals surface area contributed by atoms with Gasteiger partial charge in [0.1, 0.15) is 0 Å². The summed E-state index contributed by atoms with van der Waals surface area (Å²) in [7, 11) is 0. The van der Waals surface area contributed by atoms with Crippen LogP contribution in [0.4, 0.5) is 0 Å². The molecule has 0 amide bonds. The number of benzene rings is 2. The Morgan fingerprint density at radius 3 is 1.90 bits per heavy atom. The maximum atomic E-state index is 11.4. The molecule has 1 unspecified atom stereocenters. The highest BCUT2D eigenvalue weighted by atomic mass is 32.2. The van der Waals surface area contributed by atoms with E-state index in [2.05, 4.69) is 88.4 Å². The van der Waals surface area contributed by atoms with Crippen LogP contribution < -0.4 is 0 Å². The van der Waals surface area contributed by atoms with Crippen LogP contribution in [0.15, 0.2) is 93.8 Å². The molecule has 0 fully saturated rings. The Hall–Kier alpha value is -1.42. The zero-order valence-corrected chi connectivity index (χ0v) is 20.4. The van der Waals surface area contributed by atoms with Crippen molar-refractivity contribution in [3.63, 3.8) is 0 Å². The van der Waals surface area contributed by atoms with E-state index in [1.807, 2.05) is 12.1 Å². The molecule has 1 N–H and O–H groups in total. The summed E-state index contributed by atoms with van der Waals surface area (Å²) in [5, 5.41) is 11.4. The predicted octanol–water partition coefficient (Wildman–Crippen LogP) is 8.51. The van der Waals surface area contributed by atoms with Crippen molar-refractivity contribution in [2.75, 3.05) is 0 Å². The zero-order chi connectivity index (χ0) is 21.8. The molecule has 0 bridgehead atoms. The first-order chi connectivity index (χ1) is 14.4. The Kier molecular flexibility index (Phi) is 10.8. The van der Waals surface area contributed by atoms with Gasteiger partial charge in [-0.1, -0.05) is 73.0 Å². The first kappa shape index (κ1) is 24.8. The van der Waals surface area contributed by atoms with Gasteiger partial charge in [-0.3, -0.25) is 0 Å². The van der Waals surface area contributed by atoms with Crippen LogP contribution >= 0.6 is 23.5 Å². The van der Waals surface area contributed by atoms with Gasteiger partial charge >= 0.3 is 0 Å². The third-order valence-corrected chi connectivity index (χ3v) is 8.05. The lowest BCUT2D eigenvalue weighted by atomic mass is 10.0. The van der Waals surface area contributed by atoms with Crippen molar-refractivity contribution in [1.82, 2.24) is 0 Å². The summed E-state index contributed by atoms with van der Waals surface area (Å²) < 4.78 is -0.365. The van der Waals surface area contributed by atoms with Crippen molar-refractivity contribution in [1.29, 1.82) is 0 Å². The Morgan fingerprint density at radius 1 is 0.900 bits per heavy atom. The summed E-state index contributed by atoms with van der Waals surface area (Å²) in [5.41, 5.74) is 2.76. The molecule has 2 aromatic carbocycles. The van der Waals surface area contributed by atoms with E-state index in [1.54, 1.807) is 23.5 Å². The van der Waals surface area contributed by atoms with E-state index >= 15 is 0 Å². The minimum Gasteiger partial charge on any atom is -0.391 e. The van der Waals surface area contributed by atoms with Gasteiger partial charge in [0.05, 0.1) is 10.2 Å². The lowest BCUT2D eigenvalue weighted by Gasteiger charge is -2.37. The highest BCUT2D eigenvalue weighted by Gasteiger charge is 2.39. The third kappa shape index (κ3) is 8.37. The smallest absolute Gasteiger partial charge is 0.0996 e. The molecule has 162 valence electrons. The Bertz CT molecular complexity index is 751. The van der Waals surface area contributed by atoms with Gasteiger partial charge in [-0.25, -0.2) is 0 Å². The normalized spacial score (nSPS) is 13.2. The van der Waals surface area contributed by atoms with E-state index in [9.17, 15) is 5.11 Å². The molecule has 0 aromatic heterocycles. The average molecular weight is 441 g/mol. The van der Waals surface area contributed by atoms with Crippen LogP contribution in [0.3, 0.4) is 0 Å². The largest absolute Gasteiger partial charge is 0.391 e. The summed E-state index contributed by atoms with van der Waals surface area (Å²) in [6.07, 6.45) is 8.98. The molecule has 1 atom stereocenters. The second kappa shape index (κ2) is 13.1. The van der Waals surface area contributed by atoms with Crippen molar-refractivity contribution in [3.05, 3.63) is 84.0 Å². The first-order valence-corrected chi connectivity index (χ1v) is 12.5. The van der Waals surface area contributed by atoms with E-state index < -0.39 is 6.10 Å². The molecule has 2 rings (SSSR count). The van der Waals surface area contributed by atoms with Crippen LogP contribution in [-0.2, 0) is 0 Å². The zero-order valence-electron chi connectivity index (χ0n) is 18.8. The van der Waals surface area contributed by atoms with Gasteiger partial charge in [-0.05, 0) is 70.7 Å². The Morgan fingerprint density at radius 2 is 1.43 bits per heavy atom. The molecule has 0 aliphatic heterocycles. The Labute approximate surface area is 192 Å². The number of thioether (sulfide) groups is 2. The van der Waals surface area contributed by atoms with Gasteiger partial charge in [0.15, 0.2) is 0 Å². The lowest BCUT2D eigenvalue weighted by molar-refractivity contribution is 0.150. The monoisotopic (exact) mass is 440 g/mol. The summed E-state index contributed by atoms with van der Waals surface area (Å²) in [5.74, 6) is 0. The van der Waals surface area contributed by atoms with Crippen LogP contribution in [0.2, 0.25) is 0 Å². The molecule has 0 radical (unpaired) electrons. The molecule has 0 saturated carbocycles. The van der Waals surface area contributed by atoms with E-state index in [0.29, 0.717) is 0 Å². The van der Waals surface area contributed by atoms with Gasteiger partial charge in [-0.2, -0.15) is 0 Å². The SMILES string of the molecule is CCCC(O)C(CC=C(C)CCC=C(C)C)(Sc1ccccc1)Sc1ccccc1. The number of hydrogen-bond donors (Lipinski definition) is 1. The predicted molar refractivity (Wildman–Crippen MR) is 135 cm³/mol. The molecule has 0 aliphatic carbocycles. The highest BCUT2D eigenvalue weighted by Crippen LogP contribution is 2.51. The molecule has 2 aromatic rings. The van der Waals surface area contributed by atoms with E-state index in [1.165, 1.54) is 20.9 Å². The first-order valence-electron chi connectivity index (χ1n) is 10.9. The fourth-order valence-corrected chi connectivity index (χ4v) is 6.22. The number of rotatable bonds is 12. The number of aliphatic hydroxyl groups excluding tert-OH is 1. The van der Waals surface area contributed by atoms with Crippen LogP contribution in [0.1, 0.15) is 59.8 Å². The van der Waals surface area contributed by atoms with Gasteiger partial charge in [0.25, 0.3) is 0 Å².